The van der Waals surface area contributed by atoms with Gasteiger partial charge in [0, 0.05) is 0 Å². The average Bonchev–Trinajstić information content (AvgIpc) is 2.62. The second-order valence-corrected chi connectivity index (χ2v) is 7.21. The van der Waals surface area contributed by atoms with Gasteiger partial charge in [-0.2, -0.15) is 0 Å². The largest absolute Gasteiger partial charge is 0.0977 e. The molecule has 2 aromatic rings. The van der Waals surface area contributed by atoms with Crippen molar-refractivity contribution in [3.05, 3.63) is 77.6 Å². The van der Waals surface area contributed by atoms with Crippen LogP contribution >= 0.6 is 8.58 Å². The Labute approximate surface area is 143 Å². The maximum absolute atomic E-state index is 2.46. The highest BCUT2D eigenvalue weighted by Crippen LogP contribution is 2.29. The van der Waals surface area contributed by atoms with E-state index in [1.54, 1.807) is 0 Å². The van der Waals surface area contributed by atoms with E-state index < -0.39 is 0 Å². The molecule has 0 spiro atoms. The van der Waals surface area contributed by atoms with Crippen molar-refractivity contribution < 1.29 is 0 Å². The summed E-state index contributed by atoms with van der Waals surface area (Å²) in [4.78, 5) is 0. The zero-order valence-corrected chi connectivity index (χ0v) is 15.3. The van der Waals surface area contributed by atoms with Crippen LogP contribution < -0.4 is 0 Å². The first-order valence-corrected chi connectivity index (χ1v) is 10.2. The van der Waals surface area contributed by atoms with Crippen LogP contribution in [0.15, 0.2) is 66.5 Å². The molecule has 1 heteroatoms. The van der Waals surface area contributed by atoms with Crippen LogP contribution in [0.3, 0.4) is 0 Å². The van der Waals surface area contributed by atoms with Crippen LogP contribution in [0.1, 0.15) is 56.6 Å². The van der Waals surface area contributed by atoms with E-state index in [9.17, 15) is 0 Å². The van der Waals surface area contributed by atoms with Crippen molar-refractivity contribution >= 4 is 14.2 Å². The first-order chi connectivity index (χ1) is 11.4. The maximum Gasteiger partial charge on any atom is -0.0109 e. The van der Waals surface area contributed by atoms with Crippen LogP contribution in [0.2, 0.25) is 0 Å². The minimum Gasteiger partial charge on any atom is -0.0977 e. The van der Waals surface area contributed by atoms with Gasteiger partial charge in [0.15, 0.2) is 0 Å². The van der Waals surface area contributed by atoms with Gasteiger partial charge in [-0.1, -0.05) is 114 Å². The van der Waals surface area contributed by atoms with Gasteiger partial charge in [-0.15, -0.1) is 0 Å². The van der Waals surface area contributed by atoms with Gasteiger partial charge in [0.25, 0.3) is 0 Å². The van der Waals surface area contributed by atoms with Gasteiger partial charge >= 0.3 is 0 Å². The molecule has 0 radical (unpaired) electrons. The van der Waals surface area contributed by atoms with E-state index in [2.05, 4.69) is 73.4 Å². The molecule has 0 heterocycles. The molecule has 0 amide bonds. The maximum atomic E-state index is 2.46. The number of benzene rings is 2. The van der Waals surface area contributed by atoms with Gasteiger partial charge in [0.05, 0.1) is 0 Å². The molecule has 0 aliphatic carbocycles. The standard InChI is InChI=1S/C22H29P/c1-2-3-4-5-6-13-18-23-19-22(20-14-9-7-10-15-20)21-16-11-8-12-17-21/h7-12,14-17,19,23H,2-6,13,18H2,1H3. The zero-order valence-electron chi connectivity index (χ0n) is 14.3. The molecule has 0 saturated heterocycles. The lowest BCUT2D eigenvalue weighted by atomic mass is 10.00. The Morgan fingerprint density at radius 2 is 1.26 bits per heavy atom. The van der Waals surface area contributed by atoms with Crippen molar-refractivity contribution in [2.24, 2.45) is 0 Å². The van der Waals surface area contributed by atoms with Crippen LogP contribution in [-0.4, -0.2) is 6.16 Å². The van der Waals surface area contributed by atoms with E-state index in [1.807, 2.05) is 0 Å². The number of hydrogen-bond acceptors (Lipinski definition) is 0. The molecule has 0 bridgehead atoms. The average molecular weight is 324 g/mol. The molecule has 2 aromatic carbocycles. The second kappa shape index (κ2) is 11.2. The molecule has 23 heavy (non-hydrogen) atoms. The normalized spacial score (nSPS) is 11.0. The molecule has 0 aliphatic rings. The van der Waals surface area contributed by atoms with Gasteiger partial charge in [-0.3, -0.25) is 0 Å². The molecule has 0 nitrogen and oxygen atoms in total. The minimum atomic E-state index is 0.914. The number of rotatable bonds is 10. The topological polar surface area (TPSA) is 0 Å². The second-order valence-electron chi connectivity index (χ2n) is 6.01. The third-order valence-electron chi connectivity index (χ3n) is 4.09. The van der Waals surface area contributed by atoms with Gasteiger partial charge in [0.1, 0.15) is 0 Å². The summed E-state index contributed by atoms with van der Waals surface area (Å²) in [7, 11) is 0.914. The molecular weight excluding hydrogens is 295 g/mol. The molecule has 0 aromatic heterocycles. The minimum absolute atomic E-state index is 0.914. The Bertz CT molecular complexity index is 516. The van der Waals surface area contributed by atoms with E-state index in [4.69, 9.17) is 0 Å². The summed E-state index contributed by atoms with van der Waals surface area (Å²) in [5.74, 6) is 2.46. The quantitative estimate of drug-likeness (QED) is 0.322. The lowest BCUT2D eigenvalue weighted by Gasteiger charge is -2.09. The van der Waals surface area contributed by atoms with E-state index in [1.165, 1.54) is 61.4 Å². The summed E-state index contributed by atoms with van der Waals surface area (Å²) >= 11 is 0. The van der Waals surface area contributed by atoms with Gasteiger partial charge < -0.3 is 0 Å². The van der Waals surface area contributed by atoms with Crippen molar-refractivity contribution in [2.75, 3.05) is 6.16 Å². The number of hydrogen-bond donors (Lipinski definition) is 0. The van der Waals surface area contributed by atoms with Gasteiger partial charge in [-0.05, 0) is 29.3 Å². The Morgan fingerprint density at radius 1 is 0.739 bits per heavy atom. The molecule has 1 atom stereocenters. The fourth-order valence-corrected chi connectivity index (χ4v) is 3.89. The van der Waals surface area contributed by atoms with Crippen LogP contribution in [0.5, 0.6) is 0 Å². The third kappa shape index (κ3) is 6.71. The molecule has 1 unspecified atom stereocenters. The van der Waals surface area contributed by atoms with Gasteiger partial charge in [0.2, 0.25) is 0 Å². The van der Waals surface area contributed by atoms with E-state index in [-0.39, 0.29) is 0 Å². The van der Waals surface area contributed by atoms with Crippen LogP contribution in [0.25, 0.3) is 5.57 Å². The first-order valence-electron chi connectivity index (χ1n) is 8.96. The van der Waals surface area contributed by atoms with Crippen LogP contribution in [0.4, 0.5) is 0 Å². The molecule has 0 fully saturated rings. The first kappa shape index (κ1) is 18.0. The lowest BCUT2D eigenvalue weighted by molar-refractivity contribution is 0.626. The highest BCUT2D eigenvalue weighted by molar-refractivity contribution is 7.42. The summed E-state index contributed by atoms with van der Waals surface area (Å²) in [5, 5.41) is 0. The Kier molecular flexibility index (Phi) is 8.74. The number of unbranched alkanes of at least 4 members (excludes halogenated alkanes) is 5. The molecule has 0 aliphatic heterocycles. The molecule has 0 N–H and O–H groups in total. The Balaban J connectivity index is 1.90. The Morgan fingerprint density at radius 3 is 1.83 bits per heavy atom. The summed E-state index contributed by atoms with van der Waals surface area (Å²) in [5.41, 5.74) is 4.04. The van der Waals surface area contributed by atoms with E-state index >= 15 is 0 Å². The SMILES string of the molecule is CCCCCCCCPC=C(c1ccccc1)c1ccccc1. The summed E-state index contributed by atoms with van der Waals surface area (Å²) in [6.45, 7) is 2.28. The highest BCUT2D eigenvalue weighted by Gasteiger charge is 2.03. The van der Waals surface area contributed by atoms with E-state index in [0.29, 0.717) is 0 Å². The lowest BCUT2D eigenvalue weighted by Crippen LogP contribution is -1.87. The van der Waals surface area contributed by atoms with Crippen LogP contribution in [0, 0.1) is 0 Å². The fourth-order valence-electron chi connectivity index (χ4n) is 2.75. The Hall–Kier alpha value is -1.39. The molecular formula is C22H29P. The van der Waals surface area contributed by atoms with Crippen molar-refractivity contribution in [3.8, 4) is 0 Å². The summed E-state index contributed by atoms with van der Waals surface area (Å²) in [6.07, 6.45) is 9.65. The smallest absolute Gasteiger partial charge is 0.0109 e. The highest BCUT2D eigenvalue weighted by atomic mass is 31.1. The fraction of sp³-hybridized carbons (Fsp3) is 0.364. The van der Waals surface area contributed by atoms with Crippen molar-refractivity contribution in [2.45, 2.75) is 45.4 Å². The van der Waals surface area contributed by atoms with Crippen molar-refractivity contribution in [1.29, 1.82) is 0 Å². The van der Waals surface area contributed by atoms with E-state index in [0.717, 1.165) is 8.58 Å². The summed E-state index contributed by atoms with van der Waals surface area (Å²) < 4.78 is 0. The molecule has 2 rings (SSSR count). The molecule has 122 valence electrons. The van der Waals surface area contributed by atoms with Crippen LogP contribution in [-0.2, 0) is 0 Å². The van der Waals surface area contributed by atoms with Crippen molar-refractivity contribution in [1.82, 2.24) is 0 Å². The predicted octanol–water partition coefficient (Wildman–Crippen LogP) is 7.11. The summed E-state index contributed by atoms with van der Waals surface area (Å²) in [6, 6.07) is 21.6. The monoisotopic (exact) mass is 324 g/mol. The van der Waals surface area contributed by atoms with Gasteiger partial charge in [-0.25, -0.2) is 0 Å². The predicted molar refractivity (Wildman–Crippen MR) is 107 cm³/mol. The molecule has 0 saturated carbocycles. The zero-order chi connectivity index (χ0) is 16.2. The van der Waals surface area contributed by atoms with Crippen molar-refractivity contribution in [3.63, 3.8) is 0 Å². The third-order valence-corrected chi connectivity index (χ3v) is 5.23.